The highest BCUT2D eigenvalue weighted by molar-refractivity contribution is 5.79. The number of carbonyl (C=O) groups is 1. The molecule has 3 rings (SSSR count). The van der Waals surface area contributed by atoms with Gasteiger partial charge in [0.05, 0.1) is 13.2 Å². The van der Waals surface area contributed by atoms with E-state index in [9.17, 15) is 4.79 Å². The molecule has 1 aliphatic heterocycles. The number of benzene rings is 1. The van der Waals surface area contributed by atoms with Crippen LogP contribution in [0.25, 0.3) is 0 Å². The van der Waals surface area contributed by atoms with Crippen LogP contribution in [-0.2, 0) is 9.53 Å². The molecular formula is C18H26N2O2. The fourth-order valence-corrected chi connectivity index (χ4v) is 3.70. The van der Waals surface area contributed by atoms with Gasteiger partial charge in [-0.05, 0) is 37.3 Å². The molecule has 0 spiro atoms. The van der Waals surface area contributed by atoms with E-state index < -0.39 is 0 Å². The summed E-state index contributed by atoms with van der Waals surface area (Å²) in [6.45, 7) is 4.07. The lowest BCUT2D eigenvalue weighted by molar-refractivity contribution is -0.144. The molecule has 1 saturated carbocycles. The molecule has 0 bridgehead atoms. The van der Waals surface area contributed by atoms with E-state index in [0.29, 0.717) is 19.7 Å². The van der Waals surface area contributed by atoms with Crippen molar-refractivity contribution in [3.63, 3.8) is 0 Å². The third-order valence-electron chi connectivity index (χ3n) is 4.98. The minimum Gasteiger partial charge on any atom is -0.370 e. The summed E-state index contributed by atoms with van der Waals surface area (Å²) in [6, 6.07) is 8.46. The molecule has 3 unspecified atom stereocenters. The largest absolute Gasteiger partial charge is 0.370 e. The van der Waals surface area contributed by atoms with Crippen molar-refractivity contribution in [2.24, 2.45) is 11.7 Å². The van der Waals surface area contributed by atoms with E-state index in [1.165, 1.54) is 11.1 Å². The molecule has 0 radical (unpaired) electrons. The average Bonchev–Trinajstić information content (AvgIpc) is 2.55. The Labute approximate surface area is 132 Å². The van der Waals surface area contributed by atoms with Gasteiger partial charge in [0.25, 0.3) is 0 Å². The molecular weight excluding hydrogens is 276 g/mol. The monoisotopic (exact) mass is 302 g/mol. The van der Waals surface area contributed by atoms with Crippen molar-refractivity contribution in [2.45, 2.75) is 44.8 Å². The number of hydrogen-bond acceptors (Lipinski definition) is 3. The zero-order valence-corrected chi connectivity index (χ0v) is 13.3. The second-order valence-electron chi connectivity index (χ2n) is 6.62. The van der Waals surface area contributed by atoms with Gasteiger partial charge in [-0.15, -0.1) is 0 Å². The predicted octanol–water partition coefficient (Wildman–Crippen LogP) is 2.41. The van der Waals surface area contributed by atoms with Crippen LogP contribution in [0, 0.1) is 12.8 Å². The third kappa shape index (κ3) is 3.33. The zero-order chi connectivity index (χ0) is 15.5. The summed E-state index contributed by atoms with van der Waals surface area (Å²) in [7, 11) is 0. The average molecular weight is 302 g/mol. The first kappa shape index (κ1) is 15.5. The summed E-state index contributed by atoms with van der Waals surface area (Å²) in [4.78, 5) is 14.8. The number of nitrogens with zero attached hydrogens (tertiary/aromatic N) is 1. The summed E-state index contributed by atoms with van der Waals surface area (Å²) in [5.41, 5.74) is 8.45. The standard InChI is InChI=1S/C18H26N2O2/c1-13-5-2-3-8-16(13)17-12-20(9-10-22-17)18(21)14-6-4-7-15(19)11-14/h2-3,5,8,14-15,17H,4,6-7,9-12,19H2,1H3. The Hall–Kier alpha value is -1.39. The Kier molecular flexibility index (Phi) is 4.79. The van der Waals surface area contributed by atoms with Crippen LogP contribution in [-0.4, -0.2) is 36.5 Å². The van der Waals surface area contributed by atoms with Crippen LogP contribution in [0.5, 0.6) is 0 Å². The van der Waals surface area contributed by atoms with Crippen molar-refractivity contribution in [1.82, 2.24) is 4.90 Å². The van der Waals surface area contributed by atoms with Crippen LogP contribution in [0.3, 0.4) is 0 Å². The minimum atomic E-state index is -0.00355. The number of ether oxygens (including phenoxy) is 1. The first-order valence-corrected chi connectivity index (χ1v) is 8.36. The molecule has 1 saturated heterocycles. The molecule has 1 heterocycles. The predicted molar refractivity (Wildman–Crippen MR) is 86.4 cm³/mol. The van der Waals surface area contributed by atoms with E-state index >= 15 is 0 Å². The van der Waals surface area contributed by atoms with Gasteiger partial charge < -0.3 is 15.4 Å². The molecule has 2 fully saturated rings. The molecule has 2 N–H and O–H groups in total. The van der Waals surface area contributed by atoms with Gasteiger partial charge in [-0.2, -0.15) is 0 Å². The SMILES string of the molecule is Cc1ccccc1C1CN(C(=O)C2CCCC(N)C2)CCO1. The lowest BCUT2D eigenvalue weighted by atomic mass is 9.85. The Morgan fingerprint density at radius 2 is 2.14 bits per heavy atom. The Balaban J connectivity index is 1.68. The van der Waals surface area contributed by atoms with Gasteiger partial charge in [0.2, 0.25) is 5.91 Å². The van der Waals surface area contributed by atoms with Gasteiger partial charge in [0.1, 0.15) is 6.10 Å². The zero-order valence-electron chi connectivity index (χ0n) is 13.3. The lowest BCUT2D eigenvalue weighted by Gasteiger charge is -2.37. The molecule has 22 heavy (non-hydrogen) atoms. The number of nitrogens with two attached hydrogens (primary N) is 1. The summed E-state index contributed by atoms with van der Waals surface area (Å²) < 4.78 is 5.92. The van der Waals surface area contributed by atoms with Crippen molar-refractivity contribution in [2.75, 3.05) is 19.7 Å². The molecule has 1 amide bonds. The third-order valence-corrected chi connectivity index (χ3v) is 4.98. The van der Waals surface area contributed by atoms with Gasteiger partial charge in [0, 0.05) is 18.5 Å². The van der Waals surface area contributed by atoms with Crippen LogP contribution in [0.1, 0.15) is 42.9 Å². The summed E-state index contributed by atoms with van der Waals surface area (Å²) >= 11 is 0. The Bertz CT molecular complexity index is 532. The van der Waals surface area contributed by atoms with Crippen LogP contribution < -0.4 is 5.73 Å². The van der Waals surface area contributed by atoms with Gasteiger partial charge in [0.15, 0.2) is 0 Å². The molecule has 4 nitrogen and oxygen atoms in total. The van der Waals surface area contributed by atoms with Gasteiger partial charge in [-0.3, -0.25) is 4.79 Å². The smallest absolute Gasteiger partial charge is 0.225 e. The van der Waals surface area contributed by atoms with Gasteiger partial charge in [-0.25, -0.2) is 0 Å². The van der Waals surface area contributed by atoms with E-state index in [1.807, 2.05) is 17.0 Å². The Morgan fingerprint density at radius 1 is 1.32 bits per heavy atom. The van der Waals surface area contributed by atoms with Crippen molar-refractivity contribution in [1.29, 1.82) is 0 Å². The first-order valence-electron chi connectivity index (χ1n) is 8.36. The molecule has 0 aromatic heterocycles. The quantitative estimate of drug-likeness (QED) is 0.913. The fraction of sp³-hybridized carbons (Fsp3) is 0.611. The minimum absolute atomic E-state index is 0.00355. The highest BCUT2D eigenvalue weighted by Gasteiger charge is 2.32. The van der Waals surface area contributed by atoms with E-state index in [4.69, 9.17) is 10.5 Å². The Morgan fingerprint density at radius 3 is 2.91 bits per heavy atom. The molecule has 1 aliphatic carbocycles. The van der Waals surface area contributed by atoms with Crippen molar-refractivity contribution < 1.29 is 9.53 Å². The number of morpholine rings is 1. The maximum absolute atomic E-state index is 12.8. The first-order chi connectivity index (χ1) is 10.6. The van der Waals surface area contributed by atoms with Gasteiger partial charge in [-0.1, -0.05) is 30.7 Å². The normalized spacial score (nSPS) is 29.4. The second kappa shape index (κ2) is 6.80. The fourth-order valence-electron chi connectivity index (χ4n) is 3.70. The molecule has 1 aromatic rings. The van der Waals surface area contributed by atoms with E-state index in [-0.39, 0.29) is 24.0 Å². The number of hydrogen-bond donors (Lipinski definition) is 1. The summed E-state index contributed by atoms with van der Waals surface area (Å²) in [6.07, 6.45) is 3.95. The number of rotatable bonds is 2. The van der Waals surface area contributed by atoms with E-state index in [0.717, 1.165) is 25.7 Å². The van der Waals surface area contributed by atoms with Crippen molar-refractivity contribution >= 4 is 5.91 Å². The lowest BCUT2D eigenvalue weighted by Crippen LogP contribution is -2.46. The maximum Gasteiger partial charge on any atom is 0.225 e. The topological polar surface area (TPSA) is 55.6 Å². The van der Waals surface area contributed by atoms with Crippen molar-refractivity contribution in [3.05, 3.63) is 35.4 Å². The van der Waals surface area contributed by atoms with E-state index in [2.05, 4.69) is 19.1 Å². The second-order valence-corrected chi connectivity index (χ2v) is 6.62. The highest BCUT2D eigenvalue weighted by Crippen LogP contribution is 2.29. The van der Waals surface area contributed by atoms with Crippen LogP contribution in [0.15, 0.2) is 24.3 Å². The molecule has 3 atom stereocenters. The summed E-state index contributed by atoms with van der Waals surface area (Å²) in [5, 5.41) is 0. The van der Waals surface area contributed by atoms with Crippen LogP contribution >= 0.6 is 0 Å². The molecule has 1 aromatic carbocycles. The maximum atomic E-state index is 12.8. The molecule has 2 aliphatic rings. The number of amides is 1. The van der Waals surface area contributed by atoms with Crippen LogP contribution in [0.4, 0.5) is 0 Å². The summed E-state index contributed by atoms with van der Waals surface area (Å²) in [5.74, 6) is 0.386. The molecule has 120 valence electrons. The molecule has 4 heteroatoms. The number of carbonyl (C=O) groups excluding carboxylic acids is 1. The van der Waals surface area contributed by atoms with Crippen molar-refractivity contribution in [3.8, 4) is 0 Å². The highest BCUT2D eigenvalue weighted by atomic mass is 16.5. The van der Waals surface area contributed by atoms with Gasteiger partial charge >= 0.3 is 0 Å². The number of aryl methyl sites for hydroxylation is 1. The van der Waals surface area contributed by atoms with Crippen LogP contribution in [0.2, 0.25) is 0 Å². The van der Waals surface area contributed by atoms with E-state index in [1.54, 1.807) is 0 Å².